The largest absolute Gasteiger partial charge is 0.491 e. The monoisotopic (exact) mass is 381 g/mol. The summed E-state index contributed by atoms with van der Waals surface area (Å²) >= 11 is 0. The van der Waals surface area contributed by atoms with Crippen molar-refractivity contribution in [2.75, 3.05) is 13.5 Å². The Morgan fingerprint density at radius 2 is 1.82 bits per heavy atom. The zero-order valence-corrected chi connectivity index (χ0v) is 16.4. The van der Waals surface area contributed by atoms with E-state index in [4.69, 9.17) is 19.5 Å². The van der Waals surface area contributed by atoms with Crippen LogP contribution in [-0.2, 0) is 16.3 Å². The fourth-order valence-corrected chi connectivity index (χ4v) is 3.17. The molecule has 1 saturated carbocycles. The zero-order valence-electron chi connectivity index (χ0n) is 16.4. The second-order valence-electron chi connectivity index (χ2n) is 7.50. The molecule has 1 heterocycles. The number of hydrogen-bond acceptors (Lipinski definition) is 4. The minimum atomic E-state index is 0.150. The minimum absolute atomic E-state index is 0.150. The molecule has 1 aliphatic heterocycles. The molecule has 1 N–H and O–H groups in total. The van der Waals surface area contributed by atoms with Crippen molar-refractivity contribution < 1.29 is 14.5 Å². The number of ether oxygens (including phenoxy) is 1. The molecule has 2 aromatic carbocycles. The van der Waals surface area contributed by atoms with Gasteiger partial charge in [0, 0.05) is 6.54 Å². The molecule has 28 heavy (non-hydrogen) atoms. The van der Waals surface area contributed by atoms with Gasteiger partial charge < -0.3 is 15.0 Å². The number of nitrogens with one attached hydrogen (secondary N) is 1. The molecule has 1 aliphatic carbocycles. The normalized spacial score (nSPS) is 18.8. The van der Waals surface area contributed by atoms with Gasteiger partial charge in [0.25, 0.3) is 0 Å². The Bertz CT molecular complexity index is 799. The summed E-state index contributed by atoms with van der Waals surface area (Å²) in [5.41, 5.74) is 3.49. The van der Waals surface area contributed by atoms with Crippen molar-refractivity contribution in [3.63, 3.8) is 0 Å². The Balaban J connectivity index is 1.48. The van der Waals surface area contributed by atoms with Crippen LogP contribution in [-0.4, -0.2) is 30.4 Å². The quantitative estimate of drug-likeness (QED) is 0.756. The molecular formula is C22H27N3O3. The molecule has 2 aliphatic rings. The molecule has 4 rings (SSSR count). The predicted molar refractivity (Wildman–Crippen MR) is 108 cm³/mol. The van der Waals surface area contributed by atoms with E-state index in [1.807, 2.05) is 43.0 Å². The number of benzene rings is 2. The van der Waals surface area contributed by atoms with E-state index in [9.17, 15) is 0 Å². The van der Waals surface area contributed by atoms with E-state index in [0.717, 1.165) is 23.3 Å². The summed E-state index contributed by atoms with van der Waals surface area (Å²) in [4.78, 5) is 17.1. The Morgan fingerprint density at radius 3 is 2.50 bits per heavy atom. The molecular weight excluding hydrogens is 354 g/mol. The molecule has 0 atom stereocenters. The lowest BCUT2D eigenvalue weighted by Crippen LogP contribution is -2.39. The van der Waals surface area contributed by atoms with Gasteiger partial charge in [0.2, 0.25) is 5.96 Å². The molecule has 1 saturated heterocycles. The van der Waals surface area contributed by atoms with Gasteiger partial charge in [0.1, 0.15) is 5.75 Å². The molecule has 148 valence electrons. The molecule has 0 radical (unpaired) electrons. The highest BCUT2D eigenvalue weighted by atomic mass is 17.2. The van der Waals surface area contributed by atoms with Gasteiger partial charge in [0.05, 0.1) is 11.8 Å². The van der Waals surface area contributed by atoms with Crippen molar-refractivity contribution in [2.45, 2.75) is 45.3 Å². The maximum atomic E-state index is 5.70. The number of nitrogens with zero attached hydrogens (tertiary/aromatic N) is 2. The van der Waals surface area contributed by atoms with Crippen LogP contribution in [0.25, 0.3) is 0 Å². The van der Waals surface area contributed by atoms with Gasteiger partial charge in [-0.25, -0.2) is 14.8 Å². The number of guanidine groups is 1. The highest BCUT2D eigenvalue weighted by Gasteiger charge is 2.23. The summed E-state index contributed by atoms with van der Waals surface area (Å²) in [6, 6.07) is 16.6. The van der Waals surface area contributed by atoms with Crippen LogP contribution in [0.2, 0.25) is 0 Å². The topological polar surface area (TPSA) is 55.3 Å². The Labute approximate surface area is 166 Å². The van der Waals surface area contributed by atoms with Gasteiger partial charge >= 0.3 is 0 Å². The van der Waals surface area contributed by atoms with Crippen LogP contribution in [0.1, 0.15) is 43.7 Å². The first-order chi connectivity index (χ1) is 13.7. The van der Waals surface area contributed by atoms with E-state index >= 15 is 0 Å². The number of rotatable bonds is 6. The molecule has 2 fully saturated rings. The molecule has 0 spiro atoms. The van der Waals surface area contributed by atoms with Crippen LogP contribution in [0.15, 0.2) is 53.5 Å². The fraction of sp³-hybridized carbons (Fsp3) is 0.409. The first-order valence-electron chi connectivity index (χ1n) is 9.85. The molecule has 6 heteroatoms. The Kier molecular flexibility index (Phi) is 5.78. The van der Waals surface area contributed by atoms with Crippen molar-refractivity contribution in [1.82, 2.24) is 10.2 Å². The van der Waals surface area contributed by atoms with Gasteiger partial charge in [-0.1, -0.05) is 24.3 Å². The number of hydrogen-bond donors (Lipinski definition) is 1. The third-order valence-corrected chi connectivity index (χ3v) is 4.73. The van der Waals surface area contributed by atoms with Crippen molar-refractivity contribution in [2.24, 2.45) is 4.99 Å². The van der Waals surface area contributed by atoms with E-state index in [2.05, 4.69) is 29.6 Å². The van der Waals surface area contributed by atoms with Crippen LogP contribution in [0.3, 0.4) is 0 Å². The fourth-order valence-electron chi connectivity index (χ4n) is 3.17. The maximum absolute atomic E-state index is 5.70. The second kappa shape index (κ2) is 8.63. The van der Waals surface area contributed by atoms with Crippen LogP contribution in [0, 0.1) is 0 Å². The van der Waals surface area contributed by atoms with E-state index in [-0.39, 0.29) is 12.8 Å². The minimum Gasteiger partial charge on any atom is -0.491 e. The molecule has 6 nitrogen and oxygen atoms in total. The van der Waals surface area contributed by atoms with Gasteiger partial charge in [-0.2, -0.15) is 0 Å². The van der Waals surface area contributed by atoms with Gasteiger partial charge in [-0.05, 0) is 68.0 Å². The summed E-state index contributed by atoms with van der Waals surface area (Å²) in [6.45, 7) is 5.28. The highest BCUT2D eigenvalue weighted by Crippen LogP contribution is 2.39. The first-order valence-corrected chi connectivity index (χ1v) is 9.85. The van der Waals surface area contributed by atoms with Crippen LogP contribution in [0.5, 0.6) is 5.75 Å². The predicted octanol–water partition coefficient (Wildman–Crippen LogP) is 4.31. The zero-order chi connectivity index (χ0) is 19.3. The van der Waals surface area contributed by atoms with Crippen molar-refractivity contribution >= 4 is 11.6 Å². The smallest absolute Gasteiger partial charge is 0.203 e. The van der Waals surface area contributed by atoms with E-state index in [1.54, 1.807) is 0 Å². The lowest BCUT2D eigenvalue weighted by Gasteiger charge is -2.22. The van der Waals surface area contributed by atoms with Gasteiger partial charge in [0.15, 0.2) is 13.5 Å². The molecule has 2 aromatic rings. The van der Waals surface area contributed by atoms with Crippen molar-refractivity contribution in [3.8, 4) is 5.75 Å². The summed E-state index contributed by atoms with van der Waals surface area (Å²) in [7, 11) is 0. The summed E-state index contributed by atoms with van der Waals surface area (Å²) in [6.07, 6.45) is 2.79. The molecule has 0 unspecified atom stereocenters. The summed E-state index contributed by atoms with van der Waals surface area (Å²) in [5.74, 6) is 2.33. The lowest BCUT2D eigenvalue weighted by molar-refractivity contribution is -0.305. The number of aliphatic imine (C=N–C) groups is 1. The lowest BCUT2D eigenvalue weighted by atomic mass is 10.1. The van der Waals surface area contributed by atoms with E-state index < -0.39 is 0 Å². The van der Waals surface area contributed by atoms with Crippen molar-refractivity contribution in [3.05, 3.63) is 59.7 Å². The van der Waals surface area contributed by atoms with Gasteiger partial charge in [-0.3, -0.25) is 0 Å². The van der Waals surface area contributed by atoms with E-state index in [0.29, 0.717) is 13.3 Å². The maximum Gasteiger partial charge on any atom is 0.203 e. The third kappa shape index (κ3) is 5.03. The molecule has 0 amide bonds. The third-order valence-electron chi connectivity index (χ3n) is 4.73. The van der Waals surface area contributed by atoms with Crippen LogP contribution in [0.4, 0.5) is 5.69 Å². The van der Waals surface area contributed by atoms with E-state index in [1.165, 1.54) is 24.0 Å². The van der Waals surface area contributed by atoms with Gasteiger partial charge in [-0.15, -0.1) is 0 Å². The highest BCUT2D eigenvalue weighted by molar-refractivity contribution is 5.82. The average molecular weight is 381 g/mol. The van der Waals surface area contributed by atoms with Crippen LogP contribution >= 0.6 is 0 Å². The second-order valence-corrected chi connectivity index (χ2v) is 7.50. The summed E-state index contributed by atoms with van der Waals surface area (Å²) in [5, 5.41) is 3.18. The van der Waals surface area contributed by atoms with Crippen LogP contribution < -0.4 is 10.1 Å². The SMILES string of the molecule is CC(C)Oc1ccc(/N=C2\NCOOCN2Cc2ccc(C3CC3)cc2)cc1. The Morgan fingerprint density at radius 1 is 1.07 bits per heavy atom. The van der Waals surface area contributed by atoms with Crippen molar-refractivity contribution in [1.29, 1.82) is 0 Å². The first kappa shape index (κ1) is 18.8. The Hall–Kier alpha value is -2.57. The summed E-state index contributed by atoms with van der Waals surface area (Å²) < 4.78 is 5.70. The average Bonchev–Trinajstić information content (AvgIpc) is 3.53. The molecule has 0 aromatic heterocycles. The molecule has 0 bridgehead atoms. The standard InChI is InChI=1S/C22H27N3O3/c1-16(2)28-21-11-9-20(10-12-21)24-22-23-14-26-27-15-25(22)13-17-3-5-18(6-4-17)19-7-8-19/h3-6,9-12,16,19H,7-8,13-15H2,1-2H3,(H,23,24).